The van der Waals surface area contributed by atoms with E-state index in [1.54, 1.807) is 0 Å². The van der Waals surface area contributed by atoms with Crippen molar-refractivity contribution in [3.05, 3.63) is 27.8 Å². The van der Waals surface area contributed by atoms with E-state index in [1.165, 1.54) is 0 Å². The van der Waals surface area contributed by atoms with E-state index in [4.69, 9.17) is 4.74 Å². The van der Waals surface area contributed by atoms with Crippen molar-refractivity contribution in [3.8, 4) is 11.5 Å². The summed E-state index contributed by atoms with van der Waals surface area (Å²) in [6.07, 6.45) is 0. The Labute approximate surface area is 105 Å². The molecule has 0 radical (unpaired) electrons. The minimum Gasteiger partial charge on any atom is -0.493 e. The third kappa shape index (κ3) is 3.27. The summed E-state index contributed by atoms with van der Waals surface area (Å²) in [5.41, 5.74) is -1.03. The van der Waals surface area contributed by atoms with Crippen molar-refractivity contribution < 1.29 is 32.7 Å². The number of rotatable bonds is 5. The Balaban J connectivity index is 3.47. The van der Waals surface area contributed by atoms with E-state index in [1.807, 2.05) is 0 Å². The van der Waals surface area contributed by atoms with E-state index in [0.29, 0.717) is 0 Å². The van der Waals surface area contributed by atoms with Crippen molar-refractivity contribution in [3.63, 3.8) is 0 Å². The number of nitro groups is 1. The van der Waals surface area contributed by atoms with Gasteiger partial charge in [0.15, 0.2) is 11.5 Å². The number of halogens is 2. The average Bonchev–Trinajstić information content (AvgIpc) is 2.36. The maximum absolute atomic E-state index is 12.3. The van der Waals surface area contributed by atoms with E-state index in [9.17, 15) is 23.7 Å². The number of nitro benzene ring substituents is 1. The second-order valence-electron chi connectivity index (χ2n) is 3.15. The topological polar surface area (TPSA) is 87.9 Å². The zero-order chi connectivity index (χ0) is 14.6. The highest BCUT2D eigenvalue weighted by atomic mass is 19.3. The molecule has 1 aromatic carbocycles. The van der Waals surface area contributed by atoms with Crippen molar-refractivity contribution in [2.75, 3.05) is 14.2 Å². The van der Waals surface area contributed by atoms with E-state index in [2.05, 4.69) is 9.47 Å². The molecule has 0 fully saturated rings. The molecule has 0 saturated carbocycles. The summed E-state index contributed by atoms with van der Waals surface area (Å²) in [5.74, 6) is -2.04. The SMILES string of the molecule is COC(=O)c1cc([N+](=O)[O-])cc(OC)c1OC(F)F. The minimum absolute atomic E-state index is 0.366. The number of ether oxygens (including phenoxy) is 3. The van der Waals surface area contributed by atoms with Gasteiger partial charge in [-0.05, 0) is 0 Å². The molecule has 0 aliphatic carbocycles. The predicted octanol–water partition coefficient (Wildman–Crippen LogP) is 1.99. The molecule has 1 aromatic rings. The molecular formula is C10H9F2NO6. The fraction of sp³-hybridized carbons (Fsp3) is 0.300. The van der Waals surface area contributed by atoms with Crippen LogP contribution in [0.1, 0.15) is 10.4 Å². The van der Waals surface area contributed by atoms with Gasteiger partial charge >= 0.3 is 12.6 Å². The molecule has 0 aliphatic heterocycles. The average molecular weight is 277 g/mol. The highest BCUT2D eigenvalue weighted by Crippen LogP contribution is 2.37. The molecule has 0 N–H and O–H groups in total. The fourth-order valence-electron chi connectivity index (χ4n) is 1.32. The van der Waals surface area contributed by atoms with Gasteiger partial charge in [0, 0.05) is 6.07 Å². The Morgan fingerprint density at radius 3 is 2.42 bits per heavy atom. The maximum Gasteiger partial charge on any atom is 0.387 e. The van der Waals surface area contributed by atoms with E-state index in [0.717, 1.165) is 26.4 Å². The van der Waals surface area contributed by atoms with Gasteiger partial charge < -0.3 is 14.2 Å². The normalized spacial score (nSPS) is 10.2. The van der Waals surface area contributed by atoms with Crippen molar-refractivity contribution >= 4 is 11.7 Å². The van der Waals surface area contributed by atoms with E-state index in [-0.39, 0.29) is 5.75 Å². The number of hydrogen-bond donors (Lipinski definition) is 0. The van der Waals surface area contributed by atoms with Gasteiger partial charge in [-0.15, -0.1) is 0 Å². The van der Waals surface area contributed by atoms with Gasteiger partial charge in [0.1, 0.15) is 5.56 Å². The summed E-state index contributed by atoms with van der Waals surface area (Å²) >= 11 is 0. The number of esters is 1. The molecule has 0 heterocycles. The zero-order valence-corrected chi connectivity index (χ0v) is 9.88. The molecule has 0 aliphatic rings. The van der Waals surface area contributed by atoms with Crippen LogP contribution in [0.4, 0.5) is 14.5 Å². The van der Waals surface area contributed by atoms with Crippen LogP contribution in [-0.4, -0.2) is 31.7 Å². The fourth-order valence-corrected chi connectivity index (χ4v) is 1.32. The third-order valence-corrected chi connectivity index (χ3v) is 2.08. The van der Waals surface area contributed by atoms with Crippen molar-refractivity contribution in [1.82, 2.24) is 0 Å². The lowest BCUT2D eigenvalue weighted by Crippen LogP contribution is -2.11. The summed E-state index contributed by atoms with van der Waals surface area (Å²) in [6, 6.07) is 1.64. The quantitative estimate of drug-likeness (QED) is 0.464. The molecule has 9 heteroatoms. The smallest absolute Gasteiger partial charge is 0.387 e. The Morgan fingerprint density at radius 2 is 2.00 bits per heavy atom. The van der Waals surface area contributed by atoms with Crippen molar-refractivity contribution in [2.24, 2.45) is 0 Å². The second kappa shape index (κ2) is 5.94. The Morgan fingerprint density at radius 1 is 1.37 bits per heavy atom. The van der Waals surface area contributed by atoms with Gasteiger partial charge in [-0.2, -0.15) is 8.78 Å². The second-order valence-corrected chi connectivity index (χ2v) is 3.15. The minimum atomic E-state index is -3.22. The molecule has 0 aromatic heterocycles. The molecule has 19 heavy (non-hydrogen) atoms. The summed E-state index contributed by atoms with van der Waals surface area (Å²) in [4.78, 5) is 21.3. The summed E-state index contributed by atoms with van der Waals surface area (Å²) in [6.45, 7) is -3.22. The van der Waals surface area contributed by atoms with Crippen LogP contribution in [-0.2, 0) is 4.74 Å². The van der Waals surface area contributed by atoms with Crippen LogP contribution < -0.4 is 9.47 Å². The number of carbonyl (C=O) groups is 1. The Kier molecular flexibility index (Phi) is 4.56. The van der Waals surface area contributed by atoms with Gasteiger partial charge in [0.2, 0.25) is 0 Å². The lowest BCUT2D eigenvalue weighted by molar-refractivity contribution is -0.385. The van der Waals surface area contributed by atoms with Crippen LogP contribution in [0.15, 0.2) is 12.1 Å². The number of carbonyl (C=O) groups excluding carboxylic acids is 1. The third-order valence-electron chi connectivity index (χ3n) is 2.08. The Bertz CT molecular complexity index is 505. The number of alkyl halides is 2. The van der Waals surface area contributed by atoms with Gasteiger partial charge in [0.05, 0.1) is 25.2 Å². The standard InChI is InChI=1S/C10H9F2NO6/c1-17-7-4-5(13(15)16)3-6(9(14)18-2)8(7)19-10(11)12/h3-4,10H,1-2H3. The molecule has 0 saturated heterocycles. The van der Waals surface area contributed by atoms with Crippen LogP contribution in [0.2, 0.25) is 0 Å². The first kappa shape index (κ1) is 14.6. The van der Waals surface area contributed by atoms with E-state index < -0.39 is 34.5 Å². The molecule has 0 atom stereocenters. The van der Waals surface area contributed by atoms with Gasteiger partial charge in [-0.25, -0.2) is 4.79 Å². The first-order chi connectivity index (χ1) is 8.90. The molecule has 0 spiro atoms. The monoisotopic (exact) mass is 277 g/mol. The van der Waals surface area contributed by atoms with Gasteiger partial charge in [0.25, 0.3) is 5.69 Å². The maximum atomic E-state index is 12.3. The van der Waals surface area contributed by atoms with E-state index >= 15 is 0 Å². The van der Waals surface area contributed by atoms with Crippen LogP contribution >= 0.6 is 0 Å². The van der Waals surface area contributed by atoms with Gasteiger partial charge in [-0.3, -0.25) is 10.1 Å². The lowest BCUT2D eigenvalue weighted by Gasteiger charge is -2.13. The molecule has 0 unspecified atom stereocenters. The van der Waals surface area contributed by atoms with Crippen LogP contribution in [0.3, 0.4) is 0 Å². The van der Waals surface area contributed by atoms with Crippen molar-refractivity contribution in [1.29, 1.82) is 0 Å². The van der Waals surface area contributed by atoms with Crippen LogP contribution in [0.5, 0.6) is 11.5 Å². The number of benzene rings is 1. The lowest BCUT2D eigenvalue weighted by atomic mass is 10.1. The summed E-state index contributed by atoms with van der Waals surface area (Å²) in [7, 11) is 2.10. The zero-order valence-electron chi connectivity index (χ0n) is 9.88. The number of non-ortho nitro benzene ring substituents is 1. The van der Waals surface area contributed by atoms with Crippen LogP contribution in [0.25, 0.3) is 0 Å². The predicted molar refractivity (Wildman–Crippen MR) is 57.6 cm³/mol. The highest BCUT2D eigenvalue weighted by molar-refractivity contribution is 5.94. The molecule has 1 rings (SSSR count). The molecule has 7 nitrogen and oxygen atoms in total. The molecule has 0 bridgehead atoms. The summed E-state index contributed by atoms with van der Waals surface area (Å²) in [5, 5.41) is 10.7. The summed E-state index contributed by atoms with van der Waals surface area (Å²) < 4.78 is 37.8. The highest BCUT2D eigenvalue weighted by Gasteiger charge is 2.25. The number of hydrogen-bond acceptors (Lipinski definition) is 6. The number of methoxy groups -OCH3 is 2. The van der Waals surface area contributed by atoms with Crippen molar-refractivity contribution in [2.45, 2.75) is 6.61 Å². The van der Waals surface area contributed by atoms with Crippen LogP contribution in [0, 0.1) is 10.1 Å². The molecular weight excluding hydrogens is 268 g/mol. The first-order valence-electron chi connectivity index (χ1n) is 4.80. The number of nitrogens with zero attached hydrogens (tertiary/aromatic N) is 1. The van der Waals surface area contributed by atoms with Gasteiger partial charge in [-0.1, -0.05) is 0 Å². The molecule has 104 valence electrons. The largest absolute Gasteiger partial charge is 0.493 e. The first-order valence-corrected chi connectivity index (χ1v) is 4.80. The Hall–Kier alpha value is -2.45. The molecule has 0 amide bonds.